The maximum absolute atomic E-state index is 12.7. The molecule has 1 aromatic carbocycles. The van der Waals surface area contributed by atoms with E-state index in [1.165, 1.54) is 16.2 Å². The molecule has 0 saturated carbocycles. The maximum atomic E-state index is 12.7. The van der Waals surface area contributed by atoms with Crippen LogP contribution in [0, 0.1) is 6.92 Å². The lowest BCUT2D eigenvalue weighted by molar-refractivity contribution is -0.138. The predicted molar refractivity (Wildman–Crippen MR) is 91.1 cm³/mol. The number of aliphatic carboxylic acids is 1. The van der Waals surface area contributed by atoms with Crippen LogP contribution in [-0.2, 0) is 4.79 Å². The van der Waals surface area contributed by atoms with Crippen molar-refractivity contribution in [2.45, 2.75) is 26.8 Å². The van der Waals surface area contributed by atoms with Gasteiger partial charge in [0.05, 0.1) is 5.69 Å². The van der Waals surface area contributed by atoms with E-state index >= 15 is 0 Å². The number of hydrogen-bond acceptors (Lipinski definition) is 4. The third kappa shape index (κ3) is 4.09. The largest absolute Gasteiger partial charge is 0.480 e. The highest BCUT2D eigenvalue weighted by atomic mass is 35.5. The van der Waals surface area contributed by atoms with Gasteiger partial charge < -0.3 is 10.0 Å². The fourth-order valence-electron chi connectivity index (χ4n) is 2.08. The number of carboxylic acid groups (broad SMARTS) is 1. The molecule has 0 radical (unpaired) electrons. The number of carbonyl (C=O) groups excluding carboxylic acids is 1. The minimum absolute atomic E-state index is 0.209. The second-order valence-electron chi connectivity index (χ2n) is 5.36. The first-order valence-electron chi connectivity index (χ1n) is 7.05. The Balaban J connectivity index is 2.34. The zero-order valence-corrected chi connectivity index (χ0v) is 14.6. The van der Waals surface area contributed by atoms with E-state index in [4.69, 9.17) is 16.7 Å². The smallest absolute Gasteiger partial charge is 0.323 e. The predicted octanol–water partition coefficient (Wildman–Crippen LogP) is 3.71. The molecule has 0 aliphatic carbocycles. The van der Waals surface area contributed by atoms with Crippen LogP contribution in [0.1, 0.15) is 29.2 Å². The Kier molecular flexibility index (Phi) is 5.38. The summed E-state index contributed by atoms with van der Waals surface area (Å²) in [5.41, 5.74) is 1.47. The van der Waals surface area contributed by atoms with Gasteiger partial charge in [-0.15, -0.1) is 11.3 Å². The number of hydrogen-bond donors (Lipinski definition) is 1. The van der Waals surface area contributed by atoms with E-state index in [9.17, 15) is 9.59 Å². The molecule has 0 atom stereocenters. The molecule has 0 saturated heterocycles. The van der Waals surface area contributed by atoms with E-state index in [-0.39, 0.29) is 18.5 Å². The lowest BCUT2D eigenvalue weighted by Crippen LogP contribution is -2.40. The molecular formula is C16H17ClN2O3S. The van der Waals surface area contributed by atoms with Crippen molar-refractivity contribution in [3.8, 4) is 10.6 Å². The topological polar surface area (TPSA) is 70.5 Å². The summed E-state index contributed by atoms with van der Waals surface area (Å²) >= 11 is 7.14. The number of halogens is 1. The first-order chi connectivity index (χ1) is 10.8. The normalized spacial score (nSPS) is 10.8. The second kappa shape index (κ2) is 7.10. The first kappa shape index (κ1) is 17.4. The molecular weight excluding hydrogens is 336 g/mol. The molecule has 1 amide bonds. The highest BCUT2D eigenvalue weighted by Gasteiger charge is 2.25. The van der Waals surface area contributed by atoms with Crippen LogP contribution in [-0.4, -0.2) is 39.5 Å². The van der Waals surface area contributed by atoms with E-state index in [1.54, 1.807) is 32.9 Å². The zero-order chi connectivity index (χ0) is 17.1. The molecule has 1 heterocycles. The van der Waals surface area contributed by atoms with Crippen molar-refractivity contribution in [2.24, 2.45) is 0 Å². The van der Waals surface area contributed by atoms with Crippen LogP contribution in [0.4, 0.5) is 0 Å². The standard InChI is InChI=1S/C16H17ClN2O3S/c1-9(2)19(8-13(20)21)16(22)14-10(3)18-15(23-14)11-4-6-12(17)7-5-11/h4-7,9H,8H2,1-3H3,(H,20,21). The fourth-order valence-corrected chi connectivity index (χ4v) is 3.23. The van der Waals surface area contributed by atoms with Crippen LogP contribution in [0.25, 0.3) is 10.6 Å². The monoisotopic (exact) mass is 352 g/mol. The summed E-state index contributed by atoms with van der Waals surface area (Å²) in [5, 5.41) is 10.3. The van der Waals surface area contributed by atoms with Gasteiger partial charge in [-0.1, -0.05) is 23.7 Å². The molecule has 0 spiro atoms. The average molecular weight is 353 g/mol. The van der Waals surface area contributed by atoms with Gasteiger partial charge in [0.1, 0.15) is 16.4 Å². The maximum Gasteiger partial charge on any atom is 0.323 e. The Labute approximate surface area is 143 Å². The molecule has 5 nitrogen and oxygen atoms in total. The molecule has 1 N–H and O–H groups in total. The Hall–Kier alpha value is -1.92. The summed E-state index contributed by atoms with van der Waals surface area (Å²) in [7, 11) is 0. The van der Waals surface area contributed by atoms with Gasteiger partial charge in [-0.05, 0) is 32.9 Å². The van der Waals surface area contributed by atoms with Crippen LogP contribution in [0.3, 0.4) is 0 Å². The van der Waals surface area contributed by atoms with Crippen LogP contribution in [0.5, 0.6) is 0 Å². The Bertz CT molecular complexity index is 725. The summed E-state index contributed by atoms with van der Waals surface area (Å²) in [5.74, 6) is -1.34. The van der Waals surface area contributed by atoms with Gasteiger partial charge in [-0.2, -0.15) is 0 Å². The summed E-state index contributed by atoms with van der Waals surface area (Å²) in [6, 6.07) is 7.00. The number of thiazole rings is 1. The van der Waals surface area contributed by atoms with Crippen LogP contribution >= 0.6 is 22.9 Å². The number of benzene rings is 1. The number of amides is 1. The molecule has 0 aliphatic rings. The summed E-state index contributed by atoms with van der Waals surface area (Å²) in [6.45, 7) is 5.00. The minimum atomic E-state index is -1.04. The van der Waals surface area contributed by atoms with Gasteiger partial charge in [-0.25, -0.2) is 4.98 Å². The van der Waals surface area contributed by atoms with Crippen molar-refractivity contribution in [1.82, 2.24) is 9.88 Å². The van der Waals surface area contributed by atoms with Gasteiger partial charge in [0.15, 0.2) is 0 Å². The molecule has 0 bridgehead atoms. The zero-order valence-electron chi connectivity index (χ0n) is 13.0. The summed E-state index contributed by atoms with van der Waals surface area (Å²) in [4.78, 5) is 29.9. The van der Waals surface area contributed by atoms with E-state index in [2.05, 4.69) is 4.98 Å². The van der Waals surface area contributed by atoms with Gasteiger partial charge in [0, 0.05) is 16.6 Å². The van der Waals surface area contributed by atoms with Crippen LogP contribution in [0.15, 0.2) is 24.3 Å². The van der Waals surface area contributed by atoms with Crippen molar-refractivity contribution in [2.75, 3.05) is 6.54 Å². The molecule has 2 aromatic rings. The van der Waals surface area contributed by atoms with E-state index in [0.29, 0.717) is 20.6 Å². The van der Waals surface area contributed by atoms with Crippen molar-refractivity contribution >= 4 is 34.8 Å². The number of carbonyl (C=O) groups is 2. The van der Waals surface area contributed by atoms with E-state index in [1.807, 2.05) is 12.1 Å². The third-order valence-corrected chi connectivity index (χ3v) is 4.72. The van der Waals surface area contributed by atoms with E-state index in [0.717, 1.165) is 5.56 Å². The molecule has 1 aromatic heterocycles. The van der Waals surface area contributed by atoms with Crippen molar-refractivity contribution in [3.05, 3.63) is 39.9 Å². The van der Waals surface area contributed by atoms with Crippen LogP contribution in [0.2, 0.25) is 5.02 Å². The quantitative estimate of drug-likeness (QED) is 0.890. The highest BCUT2D eigenvalue weighted by molar-refractivity contribution is 7.17. The van der Waals surface area contributed by atoms with Crippen molar-refractivity contribution in [3.63, 3.8) is 0 Å². The number of rotatable bonds is 5. The summed E-state index contributed by atoms with van der Waals surface area (Å²) < 4.78 is 0. The molecule has 2 rings (SSSR count). The van der Waals surface area contributed by atoms with Gasteiger partial charge in [0.25, 0.3) is 5.91 Å². The Morgan fingerprint density at radius 1 is 1.30 bits per heavy atom. The SMILES string of the molecule is Cc1nc(-c2ccc(Cl)cc2)sc1C(=O)N(CC(=O)O)C(C)C. The van der Waals surface area contributed by atoms with Gasteiger partial charge >= 0.3 is 5.97 Å². The first-order valence-corrected chi connectivity index (χ1v) is 8.25. The molecule has 7 heteroatoms. The lowest BCUT2D eigenvalue weighted by atomic mass is 10.2. The van der Waals surface area contributed by atoms with Crippen molar-refractivity contribution < 1.29 is 14.7 Å². The molecule has 122 valence electrons. The number of aryl methyl sites for hydroxylation is 1. The molecule has 0 fully saturated rings. The Morgan fingerprint density at radius 3 is 2.43 bits per heavy atom. The fraction of sp³-hybridized carbons (Fsp3) is 0.312. The van der Waals surface area contributed by atoms with Crippen molar-refractivity contribution in [1.29, 1.82) is 0 Å². The second-order valence-corrected chi connectivity index (χ2v) is 6.80. The number of carboxylic acids is 1. The third-order valence-electron chi connectivity index (χ3n) is 3.27. The van der Waals surface area contributed by atoms with E-state index < -0.39 is 5.97 Å². The highest BCUT2D eigenvalue weighted by Crippen LogP contribution is 2.30. The Morgan fingerprint density at radius 2 is 1.91 bits per heavy atom. The lowest BCUT2D eigenvalue weighted by Gasteiger charge is -2.24. The molecule has 23 heavy (non-hydrogen) atoms. The molecule has 0 aliphatic heterocycles. The minimum Gasteiger partial charge on any atom is -0.480 e. The number of aromatic nitrogens is 1. The number of nitrogens with zero attached hydrogens (tertiary/aromatic N) is 2. The summed E-state index contributed by atoms with van der Waals surface area (Å²) in [6.07, 6.45) is 0. The van der Waals surface area contributed by atoms with Gasteiger partial charge in [-0.3, -0.25) is 9.59 Å². The van der Waals surface area contributed by atoms with Gasteiger partial charge in [0.2, 0.25) is 0 Å². The molecule has 0 unspecified atom stereocenters. The average Bonchev–Trinajstić information content (AvgIpc) is 2.86. The van der Waals surface area contributed by atoms with Crippen LogP contribution < -0.4 is 0 Å².